The lowest BCUT2D eigenvalue weighted by atomic mass is 9.95. The number of methoxy groups -OCH3 is 1. The van der Waals surface area contributed by atoms with Crippen molar-refractivity contribution in [2.75, 3.05) is 25.2 Å². The fourth-order valence-corrected chi connectivity index (χ4v) is 5.56. The minimum atomic E-state index is -1.04. The first-order valence-corrected chi connectivity index (χ1v) is 12.3. The van der Waals surface area contributed by atoms with Crippen molar-refractivity contribution in [1.29, 1.82) is 0 Å². The molecule has 1 amide bonds. The number of fused-ring (bicyclic) bond motifs is 3. The summed E-state index contributed by atoms with van der Waals surface area (Å²) in [6.07, 6.45) is 2.98. The van der Waals surface area contributed by atoms with Gasteiger partial charge < -0.3 is 19.1 Å². The molecule has 8 nitrogen and oxygen atoms in total. The average Bonchev–Trinajstić information content (AvgIpc) is 3.25. The molecule has 3 heterocycles. The van der Waals surface area contributed by atoms with E-state index in [1.54, 1.807) is 11.0 Å². The molecule has 0 saturated carbocycles. The van der Waals surface area contributed by atoms with Crippen molar-refractivity contribution in [2.24, 2.45) is 0 Å². The Morgan fingerprint density at radius 1 is 1.28 bits per heavy atom. The van der Waals surface area contributed by atoms with E-state index in [1.165, 1.54) is 25.3 Å². The standard InChI is InChI=1S/C27H30FN3O5/c1-16-8-9-20-22(30(16)27(34)35-2)10-11-23-25(20)29-24(31(23)19-7-4-12-36-15-19)14-21(26(32)33)17-5-3-6-18(28)13-17/h3,5-6,10-11,13,16,19,21H,4,7-9,12,14-15H2,1-2H3,(H,32,33). The van der Waals surface area contributed by atoms with Crippen LogP contribution in [0.4, 0.5) is 14.9 Å². The number of carbonyl (C=O) groups is 2. The van der Waals surface area contributed by atoms with Crippen LogP contribution in [0.2, 0.25) is 0 Å². The maximum absolute atomic E-state index is 13.9. The summed E-state index contributed by atoms with van der Waals surface area (Å²) >= 11 is 0. The van der Waals surface area contributed by atoms with E-state index in [2.05, 4.69) is 4.57 Å². The molecular weight excluding hydrogens is 465 g/mol. The fraction of sp³-hybridized carbons (Fsp3) is 0.444. The molecule has 0 spiro atoms. The first-order chi connectivity index (χ1) is 17.4. The number of rotatable bonds is 5. The number of carboxylic acid groups (broad SMARTS) is 1. The Kier molecular flexibility index (Phi) is 6.66. The molecule has 5 rings (SSSR count). The molecule has 3 unspecified atom stereocenters. The minimum Gasteiger partial charge on any atom is -0.481 e. The van der Waals surface area contributed by atoms with Crippen molar-refractivity contribution in [3.05, 3.63) is 59.2 Å². The van der Waals surface area contributed by atoms with Crippen molar-refractivity contribution in [3.8, 4) is 0 Å². The number of nitrogens with zero attached hydrogens (tertiary/aromatic N) is 3. The second-order valence-corrected chi connectivity index (χ2v) is 9.58. The molecule has 3 aromatic rings. The zero-order chi connectivity index (χ0) is 25.4. The lowest BCUT2D eigenvalue weighted by Gasteiger charge is -2.34. The maximum Gasteiger partial charge on any atom is 0.414 e. The van der Waals surface area contributed by atoms with Gasteiger partial charge in [0, 0.05) is 24.6 Å². The smallest absolute Gasteiger partial charge is 0.414 e. The van der Waals surface area contributed by atoms with Crippen LogP contribution in [0.25, 0.3) is 11.0 Å². The fourth-order valence-electron chi connectivity index (χ4n) is 5.56. The monoisotopic (exact) mass is 495 g/mol. The van der Waals surface area contributed by atoms with Gasteiger partial charge in [0.25, 0.3) is 0 Å². The third-order valence-corrected chi connectivity index (χ3v) is 7.34. The highest BCUT2D eigenvalue weighted by molar-refractivity contribution is 5.95. The molecule has 0 radical (unpaired) electrons. The van der Waals surface area contributed by atoms with Crippen LogP contribution in [0.15, 0.2) is 36.4 Å². The third-order valence-electron chi connectivity index (χ3n) is 7.34. The van der Waals surface area contributed by atoms with Gasteiger partial charge in [0.05, 0.1) is 42.4 Å². The number of hydrogen-bond donors (Lipinski definition) is 1. The Bertz CT molecular complexity index is 1300. The van der Waals surface area contributed by atoms with Gasteiger partial charge in [-0.1, -0.05) is 12.1 Å². The summed E-state index contributed by atoms with van der Waals surface area (Å²) in [5.41, 5.74) is 3.77. The summed E-state index contributed by atoms with van der Waals surface area (Å²) < 4.78 is 26.9. The Hall–Kier alpha value is -3.46. The second kappa shape index (κ2) is 9.89. The van der Waals surface area contributed by atoms with E-state index in [0.29, 0.717) is 24.6 Å². The molecule has 1 aromatic heterocycles. The van der Waals surface area contributed by atoms with Crippen LogP contribution in [0.1, 0.15) is 55.1 Å². The van der Waals surface area contributed by atoms with Gasteiger partial charge in [-0.2, -0.15) is 0 Å². The van der Waals surface area contributed by atoms with E-state index in [9.17, 15) is 19.1 Å². The molecule has 2 aliphatic heterocycles. The van der Waals surface area contributed by atoms with Crippen LogP contribution in [0.5, 0.6) is 0 Å². The van der Waals surface area contributed by atoms with E-state index in [4.69, 9.17) is 14.5 Å². The number of carboxylic acids is 1. The minimum absolute atomic E-state index is 0.0120. The van der Waals surface area contributed by atoms with Gasteiger partial charge in [-0.25, -0.2) is 14.2 Å². The van der Waals surface area contributed by atoms with E-state index in [-0.39, 0.29) is 18.5 Å². The van der Waals surface area contributed by atoms with Crippen molar-refractivity contribution in [3.63, 3.8) is 0 Å². The lowest BCUT2D eigenvalue weighted by Crippen LogP contribution is -2.42. The largest absolute Gasteiger partial charge is 0.481 e. The van der Waals surface area contributed by atoms with Crippen LogP contribution in [0.3, 0.4) is 0 Å². The molecule has 1 saturated heterocycles. The number of anilines is 1. The van der Waals surface area contributed by atoms with Gasteiger partial charge in [-0.05, 0) is 62.4 Å². The number of amides is 1. The SMILES string of the molecule is COC(=O)N1c2ccc3c(nc(CC(C(=O)O)c4cccc(F)c4)n3C3CCCOC3)c2CCC1C. The molecule has 2 aromatic carbocycles. The van der Waals surface area contributed by atoms with Crippen LogP contribution in [-0.2, 0) is 27.1 Å². The van der Waals surface area contributed by atoms with Gasteiger partial charge in [0.1, 0.15) is 11.6 Å². The Labute approximate surface area is 208 Å². The van der Waals surface area contributed by atoms with Crippen LogP contribution in [0, 0.1) is 5.82 Å². The van der Waals surface area contributed by atoms with Gasteiger partial charge in [-0.15, -0.1) is 0 Å². The first-order valence-electron chi connectivity index (χ1n) is 12.3. The van der Waals surface area contributed by atoms with E-state index < -0.39 is 23.8 Å². The molecule has 0 aliphatic carbocycles. The summed E-state index contributed by atoms with van der Waals surface area (Å²) in [4.78, 5) is 31.5. The number of benzene rings is 2. The zero-order valence-electron chi connectivity index (χ0n) is 20.4. The topological polar surface area (TPSA) is 93.9 Å². The summed E-state index contributed by atoms with van der Waals surface area (Å²) in [6.45, 7) is 3.20. The summed E-state index contributed by atoms with van der Waals surface area (Å²) in [7, 11) is 1.37. The molecule has 190 valence electrons. The van der Waals surface area contributed by atoms with Gasteiger partial charge >= 0.3 is 12.1 Å². The number of hydrogen-bond acceptors (Lipinski definition) is 5. The quantitative estimate of drug-likeness (QED) is 0.544. The highest BCUT2D eigenvalue weighted by Crippen LogP contribution is 2.39. The van der Waals surface area contributed by atoms with Crippen LogP contribution < -0.4 is 4.90 Å². The van der Waals surface area contributed by atoms with Crippen molar-refractivity contribution in [2.45, 2.75) is 57.0 Å². The van der Waals surface area contributed by atoms with Crippen molar-refractivity contribution < 1.29 is 28.6 Å². The second-order valence-electron chi connectivity index (χ2n) is 9.58. The average molecular weight is 496 g/mol. The molecular formula is C27H30FN3O5. The Morgan fingerprint density at radius 2 is 2.11 bits per heavy atom. The Balaban J connectivity index is 1.65. The molecule has 36 heavy (non-hydrogen) atoms. The molecule has 0 bridgehead atoms. The van der Waals surface area contributed by atoms with Crippen LogP contribution >= 0.6 is 0 Å². The number of ether oxygens (including phenoxy) is 2. The maximum atomic E-state index is 13.9. The number of aromatic nitrogens is 2. The zero-order valence-corrected chi connectivity index (χ0v) is 20.4. The molecule has 1 fully saturated rings. The number of halogens is 1. The summed E-state index contributed by atoms with van der Waals surface area (Å²) in [5.74, 6) is -1.84. The summed E-state index contributed by atoms with van der Waals surface area (Å²) in [6, 6.07) is 9.61. The number of aryl methyl sites for hydroxylation is 1. The molecule has 9 heteroatoms. The van der Waals surface area contributed by atoms with Crippen molar-refractivity contribution >= 4 is 28.8 Å². The predicted molar refractivity (Wildman–Crippen MR) is 132 cm³/mol. The highest BCUT2D eigenvalue weighted by Gasteiger charge is 2.33. The van der Waals surface area contributed by atoms with E-state index in [0.717, 1.165) is 48.0 Å². The molecule has 3 atom stereocenters. The van der Waals surface area contributed by atoms with Gasteiger partial charge in [0.15, 0.2) is 0 Å². The number of aliphatic carboxylic acids is 1. The Morgan fingerprint density at radius 3 is 2.81 bits per heavy atom. The van der Waals surface area contributed by atoms with E-state index >= 15 is 0 Å². The van der Waals surface area contributed by atoms with Gasteiger partial charge in [0.2, 0.25) is 0 Å². The number of imidazole rings is 1. The predicted octanol–water partition coefficient (Wildman–Crippen LogP) is 4.85. The third kappa shape index (κ3) is 4.32. The van der Waals surface area contributed by atoms with Crippen molar-refractivity contribution in [1.82, 2.24) is 9.55 Å². The van der Waals surface area contributed by atoms with E-state index in [1.807, 2.05) is 19.1 Å². The molecule has 2 aliphatic rings. The van der Waals surface area contributed by atoms with Crippen LogP contribution in [-0.4, -0.2) is 53.1 Å². The summed E-state index contributed by atoms with van der Waals surface area (Å²) in [5, 5.41) is 10.1. The normalized spacial score (nSPS) is 20.7. The highest BCUT2D eigenvalue weighted by atomic mass is 19.1. The van der Waals surface area contributed by atoms with Gasteiger partial charge in [-0.3, -0.25) is 9.69 Å². The molecule has 1 N–H and O–H groups in total. The first kappa shape index (κ1) is 24.2. The number of carbonyl (C=O) groups excluding carboxylic acids is 1. The lowest BCUT2D eigenvalue weighted by molar-refractivity contribution is -0.138.